The van der Waals surface area contributed by atoms with Gasteiger partial charge in [0.25, 0.3) is 0 Å². The third kappa shape index (κ3) is 4.45. The predicted octanol–water partition coefficient (Wildman–Crippen LogP) is 1.96. The van der Waals surface area contributed by atoms with Gasteiger partial charge in [0.1, 0.15) is 19.8 Å². The summed E-state index contributed by atoms with van der Waals surface area (Å²) in [5, 5.41) is 0. The number of rotatable bonds is 5. The minimum atomic E-state index is -3.73. The van der Waals surface area contributed by atoms with E-state index in [1.165, 1.54) is 24.3 Å². The normalized spacial score (nSPS) is 12.8. The van der Waals surface area contributed by atoms with Crippen LogP contribution >= 0.6 is 0 Å². The second-order valence-electron chi connectivity index (χ2n) is 5.20. The van der Waals surface area contributed by atoms with Gasteiger partial charge < -0.3 is 14.2 Å². The van der Waals surface area contributed by atoms with Crippen LogP contribution in [0.2, 0.25) is 0 Å². The average Bonchev–Trinajstić information content (AvgIpc) is 2.65. The summed E-state index contributed by atoms with van der Waals surface area (Å²) in [6.45, 7) is 0.656. The maximum Gasteiger partial charge on any atom is 0.241 e. The molecule has 0 atom stereocenters. The smallest absolute Gasteiger partial charge is 0.241 e. The van der Waals surface area contributed by atoms with Crippen LogP contribution < -0.4 is 18.9 Å². The highest BCUT2D eigenvalue weighted by Gasteiger charge is 2.18. The maximum absolute atomic E-state index is 13.3. The summed E-state index contributed by atoms with van der Waals surface area (Å²) in [5.74, 6) is 5.77. The largest absolute Gasteiger partial charge is 0.486 e. The SMILES string of the molecule is O=S(=O)(NCC#CCOc1ccccc1F)c1ccc2c(c1)OCCO2. The standard InChI is InChI=1S/C18H16FNO5S/c19-15-5-1-2-6-16(15)23-10-4-3-9-20-26(21,22)14-7-8-17-18(13-14)25-12-11-24-17/h1-2,5-8,13,20H,9-12H2. The van der Waals surface area contributed by atoms with E-state index in [1.54, 1.807) is 18.2 Å². The van der Waals surface area contributed by atoms with E-state index in [-0.39, 0.29) is 23.8 Å². The summed E-state index contributed by atoms with van der Waals surface area (Å²) in [7, 11) is -3.73. The molecular formula is C18H16FNO5S. The molecule has 0 saturated heterocycles. The first-order chi connectivity index (χ1) is 12.6. The lowest BCUT2D eigenvalue weighted by Crippen LogP contribution is -2.24. The zero-order valence-electron chi connectivity index (χ0n) is 13.7. The Morgan fingerprint density at radius 1 is 1.08 bits per heavy atom. The van der Waals surface area contributed by atoms with Crippen LogP contribution in [0, 0.1) is 17.7 Å². The van der Waals surface area contributed by atoms with E-state index in [4.69, 9.17) is 14.2 Å². The van der Waals surface area contributed by atoms with E-state index in [0.29, 0.717) is 24.7 Å². The molecule has 2 aromatic rings. The topological polar surface area (TPSA) is 73.9 Å². The van der Waals surface area contributed by atoms with Crippen molar-refractivity contribution < 1.29 is 27.0 Å². The lowest BCUT2D eigenvalue weighted by Gasteiger charge is -2.18. The monoisotopic (exact) mass is 377 g/mol. The van der Waals surface area contributed by atoms with E-state index in [2.05, 4.69) is 16.6 Å². The Morgan fingerprint density at radius 3 is 2.65 bits per heavy atom. The number of benzene rings is 2. The van der Waals surface area contributed by atoms with Crippen LogP contribution in [0.5, 0.6) is 17.2 Å². The minimum Gasteiger partial charge on any atom is -0.486 e. The Kier molecular flexibility index (Phi) is 5.61. The lowest BCUT2D eigenvalue weighted by molar-refractivity contribution is 0.171. The zero-order valence-corrected chi connectivity index (χ0v) is 14.5. The van der Waals surface area contributed by atoms with Crippen molar-refractivity contribution in [2.45, 2.75) is 4.90 Å². The fraction of sp³-hybridized carbons (Fsp3) is 0.222. The van der Waals surface area contributed by atoms with Crippen LogP contribution in [0.4, 0.5) is 4.39 Å². The summed E-state index contributed by atoms with van der Waals surface area (Å²) in [5.41, 5.74) is 0. The first-order valence-electron chi connectivity index (χ1n) is 7.79. The molecule has 1 aliphatic rings. The third-order valence-electron chi connectivity index (χ3n) is 3.44. The molecule has 0 fully saturated rings. The lowest BCUT2D eigenvalue weighted by atomic mass is 10.3. The molecule has 3 rings (SSSR count). The number of hydrogen-bond acceptors (Lipinski definition) is 5. The molecule has 0 radical (unpaired) electrons. The summed E-state index contributed by atoms with van der Waals surface area (Å²) < 4.78 is 56.1. The number of sulfonamides is 1. The van der Waals surface area contributed by atoms with Crippen LogP contribution in [-0.4, -0.2) is 34.8 Å². The number of hydrogen-bond donors (Lipinski definition) is 1. The highest BCUT2D eigenvalue weighted by Crippen LogP contribution is 2.32. The Balaban J connectivity index is 1.54. The molecule has 2 aromatic carbocycles. The van der Waals surface area contributed by atoms with Crippen LogP contribution in [0.15, 0.2) is 47.4 Å². The van der Waals surface area contributed by atoms with E-state index in [1.807, 2.05) is 0 Å². The van der Waals surface area contributed by atoms with Gasteiger partial charge in [-0.05, 0) is 24.3 Å². The molecule has 0 saturated carbocycles. The molecule has 0 bridgehead atoms. The van der Waals surface area contributed by atoms with Gasteiger partial charge in [-0.3, -0.25) is 0 Å². The molecule has 8 heteroatoms. The molecule has 6 nitrogen and oxygen atoms in total. The Hall–Kier alpha value is -2.76. The second-order valence-corrected chi connectivity index (χ2v) is 6.97. The van der Waals surface area contributed by atoms with Crippen molar-refractivity contribution >= 4 is 10.0 Å². The van der Waals surface area contributed by atoms with Crippen molar-refractivity contribution in [3.05, 3.63) is 48.3 Å². The van der Waals surface area contributed by atoms with Crippen molar-refractivity contribution in [1.29, 1.82) is 0 Å². The van der Waals surface area contributed by atoms with Crippen molar-refractivity contribution in [2.75, 3.05) is 26.4 Å². The van der Waals surface area contributed by atoms with E-state index < -0.39 is 15.8 Å². The summed E-state index contributed by atoms with van der Waals surface area (Å²) in [6.07, 6.45) is 0. The van der Waals surface area contributed by atoms with Gasteiger partial charge >= 0.3 is 0 Å². The fourth-order valence-electron chi connectivity index (χ4n) is 2.19. The first-order valence-corrected chi connectivity index (χ1v) is 9.27. The van der Waals surface area contributed by atoms with Gasteiger partial charge in [0.2, 0.25) is 10.0 Å². The Bertz CT molecular complexity index is 950. The average molecular weight is 377 g/mol. The van der Waals surface area contributed by atoms with Crippen LogP contribution in [0.3, 0.4) is 0 Å². The molecule has 1 heterocycles. The van der Waals surface area contributed by atoms with Crippen LogP contribution in [0.25, 0.3) is 0 Å². The van der Waals surface area contributed by atoms with E-state index in [9.17, 15) is 12.8 Å². The summed E-state index contributed by atoms with van der Waals surface area (Å²) >= 11 is 0. The number of para-hydroxylation sites is 1. The molecule has 26 heavy (non-hydrogen) atoms. The third-order valence-corrected chi connectivity index (χ3v) is 4.83. The predicted molar refractivity (Wildman–Crippen MR) is 92.3 cm³/mol. The van der Waals surface area contributed by atoms with Crippen LogP contribution in [0.1, 0.15) is 0 Å². The van der Waals surface area contributed by atoms with Gasteiger partial charge in [0.15, 0.2) is 23.1 Å². The number of ether oxygens (including phenoxy) is 3. The van der Waals surface area contributed by atoms with Crippen molar-refractivity contribution in [3.8, 4) is 29.1 Å². The molecule has 0 amide bonds. The van der Waals surface area contributed by atoms with Crippen molar-refractivity contribution in [1.82, 2.24) is 4.72 Å². The molecular weight excluding hydrogens is 361 g/mol. The van der Waals surface area contributed by atoms with Gasteiger partial charge in [0, 0.05) is 6.07 Å². The summed E-state index contributed by atoms with van der Waals surface area (Å²) in [6, 6.07) is 10.4. The zero-order chi connectivity index (χ0) is 18.4. The van der Waals surface area contributed by atoms with E-state index in [0.717, 1.165) is 0 Å². The quantitative estimate of drug-likeness (QED) is 0.807. The van der Waals surface area contributed by atoms with Gasteiger partial charge in [-0.1, -0.05) is 24.0 Å². The van der Waals surface area contributed by atoms with Gasteiger partial charge in [-0.2, -0.15) is 4.72 Å². The number of halogens is 1. The van der Waals surface area contributed by atoms with Gasteiger partial charge in [-0.25, -0.2) is 12.8 Å². The highest BCUT2D eigenvalue weighted by molar-refractivity contribution is 7.89. The van der Waals surface area contributed by atoms with Gasteiger partial charge in [-0.15, -0.1) is 0 Å². The Labute approximate surface area is 150 Å². The minimum absolute atomic E-state index is 0.0489. The molecule has 136 valence electrons. The van der Waals surface area contributed by atoms with Gasteiger partial charge in [0.05, 0.1) is 11.4 Å². The Morgan fingerprint density at radius 2 is 1.85 bits per heavy atom. The maximum atomic E-state index is 13.3. The fourth-order valence-corrected chi connectivity index (χ4v) is 3.13. The number of nitrogens with one attached hydrogen (secondary N) is 1. The number of fused-ring (bicyclic) bond motifs is 1. The molecule has 1 aliphatic heterocycles. The molecule has 0 aliphatic carbocycles. The van der Waals surface area contributed by atoms with E-state index >= 15 is 0 Å². The molecule has 1 N–H and O–H groups in total. The van der Waals surface area contributed by atoms with Crippen molar-refractivity contribution in [3.63, 3.8) is 0 Å². The first kappa shape index (κ1) is 18.0. The second kappa shape index (κ2) is 8.08. The molecule has 0 unspecified atom stereocenters. The molecule has 0 spiro atoms. The van der Waals surface area contributed by atoms with Crippen molar-refractivity contribution in [2.24, 2.45) is 0 Å². The summed E-state index contributed by atoms with van der Waals surface area (Å²) in [4.78, 5) is 0.0613. The van der Waals surface area contributed by atoms with Crippen LogP contribution in [-0.2, 0) is 10.0 Å². The highest BCUT2D eigenvalue weighted by atomic mass is 32.2. The molecule has 0 aromatic heterocycles.